The van der Waals surface area contributed by atoms with E-state index >= 15 is 0 Å². The number of nitrogens with one attached hydrogen (secondary N) is 1. The lowest BCUT2D eigenvalue weighted by Gasteiger charge is -2.39. The summed E-state index contributed by atoms with van der Waals surface area (Å²) < 4.78 is 4.93. The Morgan fingerprint density at radius 3 is 2.73 bits per heavy atom. The van der Waals surface area contributed by atoms with E-state index in [9.17, 15) is 4.79 Å². The summed E-state index contributed by atoms with van der Waals surface area (Å²) in [4.78, 5) is 11.8. The number of hydrogen-bond acceptors (Lipinski definition) is 3. The Hall–Kier alpha value is -1.08. The first kappa shape index (κ1) is 12.0. The third kappa shape index (κ3) is 2.48. The topological polar surface area (TPSA) is 62.1 Å². The van der Waals surface area contributed by atoms with Crippen LogP contribution in [0.3, 0.4) is 0 Å². The smallest absolute Gasteiger partial charge is 0.240 e. The molecule has 0 spiro atoms. The van der Waals surface area contributed by atoms with Crippen molar-refractivity contribution < 1.29 is 9.53 Å². The number of ether oxygens (including phenoxy) is 1. The number of rotatable bonds is 4. The van der Waals surface area contributed by atoms with E-state index in [4.69, 9.17) is 10.00 Å². The van der Waals surface area contributed by atoms with Gasteiger partial charge >= 0.3 is 0 Å². The van der Waals surface area contributed by atoms with Gasteiger partial charge in [0.2, 0.25) is 5.91 Å². The number of carbonyl (C=O) groups is 1. The van der Waals surface area contributed by atoms with E-state index in [0.717, 1.165) is 0 Å². The van der Waals surface area contributed by atoms with Gasteiger partial charge in [0.15, 0.2) is 0 Å². The van der Waals surface area contributed by atoms with Crippen molar-refractivity contribution in [2.45, 2.75) is 32.7 Å². The standard InChI is InChI=1S/C11H18N2O2/c1-8-4-11(5-8,7-12)10(14)13-9(2)6-15-3/h8-9H,4-6H2,1-3H3,(H,13,14). The summed E-state index contributed by atoms with van der Waals surface area (Å²) in [6.45, 7) is 4.40. The van der Waals surface area contributed by atoms with Crippen LogP contribution < -0.4 is 5.32 Å². The normalized spacial score (nSPS) is 31.2. The molecule has 4 nitrogen and oxygen atoms in total. The van der Waals surface area contributed by atoms with Crippen molar-refractivity contribution in [1.29, 1.82) is 5.26 Å². The molecule has 1 N–H and O–H groups in total. The highest BCUT2D eigenvalue weighted by molar-refractivity contribution is 5.86. The summed E-state index contributed by atoms with van der Waals surface area (Å²) in [5, 5.41) is 11.8. The van der Waals surface area contributed by atoms with Crippen LogP contribution in [0.15, 0.2) is 0 Å². The van der Waals surface area contributed by atoms with Gasteiger partial charge in [0, 0.05) is 13.2 Å². The minimum atomic E-state index is -0.776. The number of nitrogens with zero attached hydrogens (tertiary/aromatic N) is 1. The maximum absolute atomic E-state index is 11.8. The lowest BCUT2D eigenvalue weighted by molar-refractivity contribution is -0.134. The fourth-order valence-electron chi connectivity index (χ4n) is 2.11. The van der Waals surface area contributed by atoms with Gasteiger partial charge in [-0.25, -0.2) is 0 Å². The average molecular weight is 210 g/mol. The molecule has 1 rings (SSSR count). The summed E-state index contributed by atoms with van der Waals surface area (Å²) in [5.41, 5.74) is -0.776. The zero-order valence-corrected chi connectivity index (χ0v) is 9.54. The van der Waals surface area contributed by atoms with Crippen LogP contribution in [0, 0.1) is 22.7 Å². The van der Waals surface area contributed by atoms with E-state index in [1.807, 2.05) is 6.92 Å². The predicted molar refractivity (Wildman–Crippen MR) is 55.9 cm³/mol. The Kier molecular flexibility index (Phi) is 3.70. The molecule has 0 aromatic heterocycles. The zero-order valence-electron chi connectivity index (χ0n) is 9.54. The van der Waals surface area contributed by atoms with Crippen molar-refractivity contribution >= 4 is 5.91 Å². The van der Waals surface area contributed by atoms with E-state index in [1.165, 1.54) is 0 Å². The second-order valence-corrected chi connectivity index (χ2v) is 4.54. The summed E-state index contributed by atoms with van der Waals surface area (Å²) >= 11 is 0. The molecule has 1 amide bonds. The van der Waals surface area contributed by atoms with E-state index in [-0.39, 0.29) is 11.9 Å². The Labute approximate surface area is 90.6 Å². The van der Waals surface area contributed by atoms with Crippen molar-refractivity contribution in [2.24, 2.45) is 11.3 Å². The molecule has 0 saturated heterocycles. The van der Waals surface area contributed by atoms with Gasteiger partial charge in [-0.1, -0.05) is 6.92 Å². The van der Waals surface area contributed by atoms with Crippen LogP contribution in [0.5, 0.6) is 0 Å². The second kappa shape index (κ2) is 4.63. The SMILES string of the molecule is COCC(C)NC(=O)C1(C#N)CC(C)C1. The molecule has 0 aromatic rings. The first-order valence-electron chi connectivity index (χ1n) is 5.25. The molecule has 1 aliphatic carbocycles. The Morgan fingerprint density at radius 2 is 2.33 bits per heavy atom. The van der Waals surface area contributed by atoms with Gasteiger partial charge in [-0.05, 0) is 25.7 Å². The monoisotopic (exact) mass is 210 g/mol. The van der Waals surface area contributed by atoms with Gasteiger partial charge < -0.3 is 10.1 Å². The fourth-order valence-corrected chi connectivity index (χ4v) is 2.11. The number of methoxy groups -OCH3 is 1. The second-order valence-electron chi connectivity index (χ2n) is 4.54. The van der Waals surface area contributed by atoms with Gasteiger partial charge in [-0.2, -0.15) is 5.26 Å². The van der Waals surface area contributed by atoms with E-state index in [1.54, 1.807) is 7.11 Å². The molecule has 1 fully saturated rings. The van der Waals surface area contributed by atoms with Crippen molar-refractivity contribution in [3.05, 3.63) is 0 Å². The molecule has 1 unspecified atom stereocenters. The van der Waals surface area contributed by atoms with Gasteiger partial charge in [-0.3, -0.25) is 4.79 Å². The number of carbonyl (C=O) groups excluding carboxylic acids is 1. The maximum Gasteiger partial charge on any atom is 0.240 e. The fraction of sp³-hybridized carbons (Fsp3) is 0.818. The Bertz CT molecular complexity index is 277. The molecule has 15 heavy (non-hydrogen) atoms. The number of hydrogen-bond donors (Lipinski definition) is 1. The molecule has 84 valence electrons. The van der Waals surface area contributed by atoms with Crippen LogP contribution >= 0.6 is 0 Å². The molecule has 0 radical (unpaired) electrons. The summed E-state index contributed by atoms with van der Waals surface area (Å²) in [6.07, 6.45) is 1.35. The Balaban J connectivity index is 2.50. The molecule has 0 aromatic carbocycles. The molecule has 1 saturated carbocycles. The quantitative estimate of drug-likeness (QED) is 0.755. The van der Waals surface area contributed by atoms with Crippen LogP contribution in [-0.4, -0.2) is 25.7 Å². The first-order chi connectivity index (χ1) is 7.04. The first-order valence-corrected chi connectivity index (χ1v) is 5.25. The van der Waals surface area contributed by atoms with Gasteiger partial charge in [-0.15, -0.1) is 0 Å². The molecule has 4 heteroatoms. The van der Waals surface area contributed by atoms with E-state index in [2.05, 4.69) is 18.3 Å². The highest BCUT2D eigenvalue weighted by Gasteiger charge is 2.49. The average Bonchev–Trinajstić information content (AvgIpc) is 2.12. The number of nitriles is 1. The van der Waals surface area contributed by atoms with Crippen LogP contribution in [0.4, 0.5) is 0 Å². The third-order valence-corrected chi connectivity index (χ3v) is 2.84. The highest BCUT2D eigenvalue weighted by atomic mass is 16.5. The van der Waals surface area contributed by atoms with Gasteiger partial charge in [0.05, 0.1) is 12.7 Å². The molecule has 0 aliphatic heterocycles. The molecule has 1 atom stereocenters. The van der Waals surface area contributed by atoms with Crippen LogP contribution in [0.25, 0.3) is 0 Å². The van der Waals surface area contributed by atoms with E-state index in [0.29, 0.717) is 25.4 Å². The van der Waals surface area contributed by atoms with Crippen LogP contribution in [-0.2, 0) is 9.53 Å². The van der Waals surface area contributed by atoms with Crippen molar-refractivity contribution in [3.63, 3.8) is 0 Å². The molecule has 0 heterocycles. The number of amides is 1. The summed E-state index contributed by atoms with van der Waals surface area (Å²) in [5.74, 6) is 0.334. The molecular formula is C11H18N2O2. The third-order valence-electron chi connectivity index (χ3n) is 2.84. The Morgan fingerprint density at radius 1 is 1.73 bits per heavy atom. The molecular weight excluding hydrogens is 192 g/mol. The van der Waals surface area contributed by atoms with E-state index < -0.39 is 5.41 Å². The van der Waals surface area contributed by atoms with Crippen LogP contribution in [0.2, 0.25) is 0 Å². The summed E-state index contributed by atoms with van der Waals surface area (Å²) in [7, 11) is 1.59. The van der Waals surface area contributed by atoms with Gasteiger partial charge in [0.1, 0.15) is 5.41 Å². The van der Waals surface area contributed by atoms with Crippen molar-refractivity contribution in [2.75, 3.05) is 13.7 Å². The highest BCUT2D eigenvalue weighted by Crippen LogP contribution is 2.45. The summed E-state index contributed by atoms with van der Waals surface area (Å²) in [6, 6.07) is 2.10. The van der Waals surface area contributed by atoms with Crippen molar-refractivity contribution in [1.82, 2.24) is 5.32 Å². The lowest BCUT2D eigenvalue weighted by atomic mass is 9.63. The molecule has 1 aliphatic rings. The lowest BCUT2D eigenvalue weighted by Crippen LogP contribution is -2.51. The molecule has 0 bridgehead atoms. The van der Waals surface area contributed by atoms with Crippen LogP contribution in [0.1, 0.15) is 26.7 Å². The zero-order chi connectivity index (χ0) is 11.5. The maximum atomic E-state index is 11.8. The predicted octanol–water partition coefficient (Wildman–Crippen LogP) is 1.08. The minimum absolute atomic E-state index is 0.0383. The van der Waals surface area contributed by atoms with Gasteiger partial charge in [0.25, 0.3) is 0 Å². The largest absolute Gasteiger partial charge is 0.383 e. The minimum Gasteiger partial charge on any atom is -0.383 e. The van der Waals surface area contributed by atoms with Crippen molar-refractivity contribution in [3.8, 4) is 6.07 Å².